The van der Waals surface area contributed by atoms with Gasteiger partial charge in [0.15, 0.2) is 0 Å². The maximum Gasteiger partial charge on any atom is 0.246 e. The van der Waals surface area contributed by atoms with E-state index < -0.39 is 0 Å². The van der Waals surface area contributed by atoms with Gasteiger partial charge in [0.2, 0.25) is 5.91 Å². The summed E-state index contributed by atoms with van der Waals surface area (Å²) in [6, 6.07) is 13.4. The van der Waals surface area contributed by atoms with E-state index in [1.165, 1.54) is 5.56 Å². The number of methoxy groups -OCH3 is 1. The first-order valence-corrected chi connectivity index (χ1v) is 8.61. The number of benzene rings is 2. The van der Waals surface area contributed by atoms with E-state index in [0.717, 1.165) is 35.8 Å². The molecule has 5 nitrogen and oxygen atoms in total. The summed E-state index contributed by atoms with van der Waals surface area (Å²) in [5, 5.41) is 0. The van der Waals surface area contributed by atoms with Gasteiger partial charge in [0.1, 0.15) is 23.9 Å². The molecule has 1 aliphatic rings. The van der Waals surface area contributed by atoms with Crippen LogP contribution < -0.4 is 14.2 Å². The molecule has 0 fully saturated rings. The number of likely N-dealkylation sites (N-methyl/N-ethyl adjacent to an activating group) is 1. The summed E-state index contributed by atoms with van der Waals surface area (Å²) in [6.45, 7) is 1.67. The van der Waals surface area contributed by atoms with Crippen molar-refractivity contribution in [2.24, 2.45) is 0 Å². The SMILES string of the molecule is COc1ccc(OCCN(C)C(=O)/C=C/c2ccc3c(c2)CCO3)cc1. The second-order valence-electron chi connectivity index (χ2n) is 6.08. The van der Waals surface area contributed by atoms with Crippen LogP contribution in [-0.2, 0) is 11.2 Å². The van der Waals surface area contributed by atoms with Crippen molar-refractivity contribution in [1.29, 1.82) is 0 Å². The van der Waals surface area contributed by atoms with Gasteiger partial charge in [0, 0.05) is 19.5 Å². The molecule has 1 heterocycles. The van der Waals surface area contributed by atoms with Crippen LogP contribution in [0.25, 0.3) is 6.08 Å². The van der Waals surface area contributed by atoms with Crippen molar-refractivity contribution in [2.45, 2.75) is 6.42 Å². The Morgan fingerprint density at radius 3 is 2.73 bits per heavy atom. The fourth-order valence-electron chi connectivity index (χ4n) is 2.69. The average Bonchev–Trinajstić information content (AvgIpc) is 3.14. The van der Waals surface area contributed by atoms with Crippen molar-refractivity contribution in [3.8, 4) is 17.2 Å². The summed E-state index contributed by atoms with van der Waals surface area (Å²) < 4.78 is 16.3. The highest BCUT2D eigenvalue weighted by Gasteiger charge is 2.11. The van der Waals surface area contributed by atoms with Gasteiger partial charge in [-0.1, -0.05) is 6.07 Å². The maximum atomic E-state index is 12.2. The van der Waals surface area contributed by atoms with Crippen molar-refractivity contribution in [2.75, 3.05) is 33.9 Å². The smallest absolute Gasteiger partial charge is 0.246 e. The molecule has 0 radical (unpaired) electrons. The van der Waals surface area contributed by atoms with Crippen LogP contribution in [0.1, 0.15) is 11.1 Å². The summed E-state index contributed by atoms with van der Waals surface area (Å²) in [7, 11) is 3.39. The number of carbonyl (C=O) groups excluding carboxylic acids is 1. The van der Waals surface area contributed by atoms with Gasteiger partial charge < -0.3 is 19.1 Å². The Morgan fingerprint density at radius 1 is 1.19 bits per heavy atom. The van der Waals surface area contributed by atoms with Crippen LogP contribution in [0, 0.1) is 0 Å². The molecule has 5 heteroatoms. The minimum atomic E-state index is -0.0555. The van der Waals surface area contributed by atoms with E-state index in [-0.39, 0.29) is 5.91 Å². The molecular formula is C21H23NO4. The van der Waals surface area contributed by atoms with Crippen LogP contribution in [0.15, 0.2) is 48.5 Å². The van der Waals surface area contributed by atoms with Crippen molar-refractivity contribution >= 4 is 12.0 Å². The zero-order valence-electron chi connectivity index (χ0n) is 15.1. The largest absolute Gasteiger partial charge is 0.497 e. The first-order valence-electron chi connectivity index (χ1n) is 8.61. The Morgan fingerprint density at radius 2 is 1.96 bits per heavy atom. The molecule has 2 aromatic carbocycles. The number of nitrogens with zero attached hydrogens (tertiary/aromatic N) is 1. The quantitative estimate of drug-likeness (QED) is 0.718. The lowest BCUT2D eigenvalue weighted by Gasteiger charge is -2.15. The van der Waals surface area contributed by atoms with Gasteiger partial charge in [-0.25, -0.2) is 0 Å². The molecule has 3 rings (SSSR count). The number of hydrogen-bond donors (Lipinski definition) is 0. The van der Waals surface area contributed by atoms with Crippen molar-refractivity contribution in [3.05, 3.63) is 59.7 Å². The fourth-order valence-corrected chi connectivity index (χ4v) is 2.69. The van der Waals surface area contributed by atoms with Gasteiger partial charge in [-0.15, -0.1) is 0 Å². The molecule has 1 aliphatic heterocycles. The predicted octanol–water partition coefficient (Wildman–Crippen LogP) is 3.18. The van der Waals surface area contributed by atoms with Crippen LogP contribution in [-0.4, -0.2) is 44.7 Å². The Kier molecular flexibility index (Phi) is 5.79. The predicted molar refractivity (Wildman–Crippen MR) is 101 cm³/mol. The summed E-state index contributed by atoms with van der Waals surface area (Å²) in [5.41, 5.74) is 2.20. The van der Waals surface area contributed by atoms with Crippen LogP contribution in [0.2, 0.25) is 0 Å². The maximum absolute atomic E-state index is 12.2. The minimum absolute atomic E-state index is 0.0555. The molecule has 2 aromatic rings. The van der Waals surface area contributed by atoms with Crippen molar-refractivity contribution in [3.63, 3.8) is 0 Å². The summed E-state index contributed by atoms with van der Waals surface area (Å²) >= 11 is 0. The molecule has 0 aromatic heterocycles. The van der Waals surface area contributed by atoms with E-state index in [9.17, 15) is 4.79 Å². The van der Waals surface area contributed by atoms with Gasteiger partial charge in [-0.2, -0.15) is 0 Å². The van der Waals surface area contributed by atoms with E-state index >= 15 is 0 Å². The van der Waals surface area contributed by atoms with Gasteiger partial charge in [-0.05, 0) is 53.6 Å². The average molecular weight is 353 g/mol. The molecule has 0 atom stereocenters. The molecule has 0 aliphatic carbocycles. The van der Waals surface area contributed by atoms with E-state index in [4.69, 9.17) is 14.2 Å². The molecule has 0 bridgehead atoms. The van der Waals surface area contributed by atoms with Crippen LogP contribution >= 0.6 is 0 Å². The number of hydrogen-bond acceptors (Lipinski definition) is 4. The molecule has 136 valence electrons. The fraction of sp³-hybridized carbons (Fsp3) is 0.286. The summed E-state index contributed by atoms with van der Waals surface area (Å²) in [4.78, 5) is 13.9. The topological polar surface area (TPSA) is 48.0 Å². The van der Waals surface area contributed by atoms with Crippen molar-refractivity contribution < 1.29 is 19.0 Å². The standard InChI is InChI=1S/C21H23NO4/c1-22(12-14-25-19-7-5-18(24-2)6-8-19)21(23)10-4-16-3-9-20-17(15-16)11-13-26-20/h3-10,15H,11-14H2,1-2H3/b10-4+. The lowest BCUT2D eigenvalue weighted by atomic mass is 10.1. The third-order valence-corrected chi connectivity index (χ3v) is 4.26. The number of amides is 1. The highest BCUT2D eigenvalue weighted by atomic mass is 16.5. The summed E-state index contributed by atoms with van der Waals surface area (Å²) in [5.74, 6) is 2.43. The lowest BCUT2D eigenvalue weighted by molar-refractivity contribution is -0.125. The number of carbonyl (C=O) groups is 1. The number of rotatable bonds is 7. The molecule has 0 unspecified atom stereocenters. The molecule has 0 N–H and O–H groups in total. The monoisotopic (exact) mass is 353 g/mol. The molecule has 1 amide bonds. The lowest BCUT2D eigenvalue weighted by Crippen LogP contribution is -2.29. The molecule has 0 spiro atoms. The zero-order chi connectivity index (χ0) is 18.4. The third kappa shape index (κ3) is 4.57. The highest BCUT2D eigenvalue weighted by Crippen LogP contribution is 2.26. The summed E-state index contributed by atoms with van der Waals surface area (Å²) in [6.07, 6.45) is 4.35. The zero-order valence-corrected chi connectivity index (χ0v) is 15.1. The normalized spacial score (nSPS) is 12.5. The van der Waals surface area contributed by atoms with E-state index in [1.807, 2.05) is 42.5 Å². The number of fused-ring (bicyclic) bond motifs is 1. The Bertz CT molecular complexity index is 783. The van der Waals surface area contributed by atoms with Crippen molar-refractivity contribution in [1.82, 2.24) is 4.90 Å². The second-order valence-corrected chi connectivity index (χ2v) is 6.08. The first kappa shape index (κ1) is 17.9. The van der Waals surface area contributed by atoms with E-state index in [2.05, 4.69) is 6.07 Å². The molecular weight excluding hydrogens is 330 g/mol. The first-order chi connectivity index (χ1) is 12.7. The minimum Gasteiger partial charge on any atom is -0.497 e. The van der Waals surface area contributed by atoms with E-state index in [0.29, 0.717) is 13.2 Å². The third-order valence-electron chi connectivity index (χ3n) is 4.26. The van der Waals surface area contributed by atoms with Crippen LogP contribution in [0.4, 0.5) is 0 Å². The Labute approximate surface area is 153 Å². The Hall–Kier alpha value is -2.95. The molecule has 0 saturated carbocycles. The molecule has 0 saturated heterocycles. The van der Waals surface area contributed by atoms with Gasteiger partial charge in [0.25, 0.3) is 0 Å². The van der Waals surface area contributed by atoms with E-state index in [1.54, 1.807) is 25.1 Å². The highest BCUT2D eigenvalue weighted by molar-refractivity contribution is 5.91. The second kappa shape index (κ2) is 8.43. The van der Waals surface area contributed by atoms with Gasteiger partial charge in [0.05, 0.1) is 20.3 Å². The van der Waals surface area contributed by atoms with Crippen LogP contribution in [0.5, 0.6) is 17.2 Å². The number of ether oxygens (including phenoxy) is 3. The van der Waals surface area contributed by atoms with Crippen LogP contribution in [0.3, 0.4) is 0 Å². The van der Waals surface area contributed by atoms with Gasteiger partial charge >= 0.3 is 0 Å². The Balaban J connectivity index is 1.46. The van der Waals surface area contributed by atoms with Gasteiger partial charge in [-0.3, -0.25) is 4.79 Å². The molecule has 26 heavy (non-hydrogen) atoms.